The van der Waals surface area contributed by atoms with E-state index in [2.05, 4.69) is 5.32 Å². The van der Waals surface area contributed by atoms with Gasteiger partial charge in [0.1, 0.15) is 11.1 Å². The SMILES string of the molecule is CC1(C)Cc2cccc(OCC(=O)N3CCNC(=O)C3(C)C)c2O1. The Morgan fingerprint density at radius 2 is 2.08 bits per heavy atom. The molecule has 0 aliphatic carbocycles. The summed E-state index contributed by atoms with van der Waals surface area (Å²) < 4.78 is 11.7. The summed E-state index contributed by atoms with van der Waals surface area (Å²) >= 11 is 0. The van der Waals surface area contributed by atoms with Crippen molar-refractivity contribution in [2.45, 2.75) is 45.3 Å². The molecule has 1 N–H and O–H groups in total. The predicted molar refractivity (Wildman–Crippen MR) is 89.1 cm³/mol. The lowest BCUT2D eigenvalue weighted by Crippen LogP contribution is -2.64. The molecule has 1 aromatic carbocycles. The lowest BCUT2D eigenvalue weighted by molar-refractivity contribution is -0.150. The van der Waals surface area contributed by atoms with Crippen LogP contribution < -0.4 is 14.8 Å². The topological polar surface area (TPSA) is 67.9 Å². The van der Waals surface area contributed by atoms with E-state index in [1.165, 1.54) is 0 Å². The van der Waals surface area contributed by atoms with Gasteiger partial charge in [0.25, 0.3) is 5.91 Å². The third-order valence-corrected chi connectivity index (χ3v) is 4.56. The van der Waals surface area contributed by atoms with Crippen LogP contribution in [0.2, 0.25) is 0 Å². The molecule has 0 saturated carbocycles. The smallest absolute Gasteiger partial charge is 0.261 e. The Balaban J connectivity index is 1.70. The first-order valence-electron chi connectivity index (χ1n) is 8.23. The molecule has 6 nitrogen and oxygen atoms in total. The fourth-order valence-corrected chi connectivity index (χ4v) is 3.25. The van der Waals surface area contributed by atoms with Crippen LogP contribution in [0.1, 0.15) is 33.3 Å². The number of hydrogen-bond donors (Lipinski definition) is 1. The number of ether oxygens (including phenoxy) is 2. The van der Waals surface area contributed by atoms with E-state index in [-0.39, 0.29) is 24.0 Å². The third-order valence-electron chi connectivity index (χ3n) is 4.56. The summed E-state index contributed by atoms with van der Waals surface area (Å²) in [6.45, 7) is 8.37. The van der Waals surface area contributed by atoms with Crippen LogP contribution in [0.25, 0.3) is 0 Å². The molecule has 1 aromatic rings. The fraction of sp³-hybridized carbons (Fsp3) is 0.556. The Labute approximate surface area is 142 Å². The summed E-state index contributed by atoms with van der Waals surface area (Å²) in [6, 6.07) is 5.72. The van der Waals surface area contributed by atoms with Crippen LogP contribution in [-0.4, -0.2) is 47.6 Å². The average molecular weight is 332 g/mol. The molecule has 2 aliphatic heterocycles. The van der Waals surface area contributed by atoms with Gasteiger partial charge in [0.05, 0.1) is 0 Å². The van der Waals surface area contributed by atoms with Gasteiger partial charge in [-0.3, -0.25) is 9.59 Å². The van der Waals surface area contributed by atoms with E-state index in [4.69, 9.17) is 9.47 Å². The normalized spacial score (nSPS) is 20.8. The van der Waals surface area contributed by atoms with E-state index in [1.807, 2.05) is 32.0 Å². The summed E-state index contributed by atoms with van der Waals surface area (Å²) in [5, 5.41) is 2.78. The third kappa shape index (κ3) is 2.92. The number of amides is 2. The minimum Gasteiger partial charge on any atom is -0.483 e. The Hall–Kier alpha value is -2.24. The first-order chi connectivity index (χ1) is 11.2. The van der Waals surface area contributed by atoms with Crippen molar-refractivity contribution in [2.75, 3.05) is 19.7 Å². The van der Waals surface area contributed by atoms with E-state index in [0.29, 0.717) is 24.6 Å². The summed E-state index contributed by atoms with van der Waals surface area (Å²) in [4.78, 5) is 26.1. The largest absolute Gasteiger partial charge is 0.483 e. The van der Waals surface area contributed by atoms with Crippen LogP contribution in [0.15, 0.2) is 18.2 Å². The van der Waals surface area contributed by atoms with Gasteiger partial charge in [0, 0.05) is 25.1 Å². The highest BCUT2D eigenvalue weighted by atomic mass is 16.5. The molecule has 6 heteroatoms. The molecule has 1 saturated heterocycles. The number of rotatable bonds is 3. The molecule has 24 heavy (non-hydrogen) atoms. The molecule has 2 heterocycles. The van der Waals surface area contributed by atoms with E-state index in [9.17, 15) is 9.59 Å². The summed E-state index contributed by atoms with van der Waals surface area (Å²) in [7, 11) is 0. The highest BCUT2D eigenvalue weighted by Gasteiger charge is 2.40. The zero-order valence-electron chi connectivity index (χ0n) is 14.6. The maximum atomic E-state index is 12.5. The minimum absolute atomic E-state index is 0.114. The minimum atomic E-state index is -0.865. The molecule has 2 aliphatic rings. The van der Waals surface area contributed by atoms with E-state index in [0.717, 1.165) is 12.0 Å². The van der Waals surface area contributed by atoms with Gasteiger partial charge in [-0.2, -0.15) is 0 Å². The average Bonchev–Trinajstić information content (AvgIpc) is 2.82. The first kappa shape index (κ1) is 16.6. The molecular formula is C18H24N2O4. The van der Waals surface area contributed by atoms with E-state index >= 15 is 0 Å². The maximum absolute atomic E-state index is 12.5. The molecule has 0 unspecified atom stereocenters. The van der Waals surface area contributed by atoms with Crippen LogP contribution in [-0.2, 0) is 16.0 Å². The number of carbonyl (C=O) groups excluding carboxylic acids is 2. The Kier molecular flexibility index (Phi) is 3.94. The van der Waals surface area contributed by atoms with Gasteiger partial charge in [0.2, 0.25) is 5.91 Å². The Morgan fingerprint density at radius 3 is 2.83 bits per heavy atom. The van der Waals surface area contributed by atoms with Crippen molar-refractivity contribution in [3.05, 3.63) is 23.8 Å². The quantitative estimate of drug-likeness (QED) is 0.911. The van der Waals surface area contributed by atoms with Crippen molar-refractivity contribution in [1.82, 2.24) is 10.2 Å². The number of hydrogen-bond acceptors (Lipinski definition) is 4. The molecular weight excluding hydrogens is 308 g/mol. The van der Waals surface area contributed by atoms with E-state index in [1.54, 1.807) is 18.7 Å². The first-order valence-corrected chi connectivity index (χ1v) is 8.23. The summed E-state index contributed by atoms with van der Waals surface area (Å²) in [6.07, 6.45) is 0.812. The molecule has 3 rings (SSSR count). The summed E-state index contributed by atoms with van der Waals surface area (Å²) in [5.41, 5.74) is -0.0446. The van der Waals surface area contributed by atoms with Gasteiger partial charge in [-0.15, -0.1) is 0 Å². The predicted octanol–water partition coefficient (Wildman–Crippen LogP) is 1.52. The zero-order chi connectivity index (χ0) is 17.5. The van der Waals surface area contributed by atoms with Gasteiger partial charge in [-0.05, 0) is 33.8 Å². The van der Waals surface area contributed by atoms with Gasteiger partial charge in [-0.25, -0.2) is 0 Å². The lowest BCUT2D eigenvalue weighted by Gasteiger charge is -2.41. The van der Waals surface area contributed by atoms with Crippen molar-refractivity contribution in [2.24, 2.45) is 0 Å². The van der Waals surface area contributed by atoms with Crippen molar-refractivity contribution in [3.8, 4) is 11.5 Å². The second-order valence-corrected chi connectivity index (χ2v) is 7.43. The van der Waals surface area contributed by atoms with Crippen molar-refractivity contribution < 1.29 is 19.1 Å². The van der Waals surface area contributed by atoms with Crippen LogP contribution in [0.3, 0.4) is 0 Å². The number of para-hydroxylation sites is 1. The van der Waals surface area contributed by atoms with Crippen LogP contribution in [0, 0.1) is 0 Å². The zero-order valence-corrected chi connectivity index (χ0v) is 14.6. The van der Waals surface area contributed by atoms with Gasteiger partial charge in [0.15, 0.2) is 18.1 Å². The second-order valence-electron chi connectivity index (χ2n) is 7.43. The van der Waals surface area contributed by atoms with Gasteiger partial charge in [-0.1, -0.05) is 12.1 Å². The van der Waals surface area contributed by atoms with Crippen molar-refractivity contribution in [1.29, 1.82) is 0 Å². The highest BCUT2D eigenvalue weighted by molar-refractivity contribution is 5.92. The van der Waals surface area contributed by atoms with Crippen LogP contribution in [0.4, 0.5) is 0 Å². The highest BCUT2D eigenvalue weighted by Crippen LogP contribution is 2.41. The summed E-state index contributed by atoms with van der Waals surface area (Å²) in [5.74, 6) is 0.939. The molecule has 0 spiro atoms. The molecule has 2 amide bonds. The second kappa shape index (κ2) is 5.69. The maximum Gasteiger partial charge on any atom is 0.261 e. The Morgan fingerprint density at radius 1 is 1.33 bits per heavy atom. The molecule has 1 fully saturated rings. The fourth-order valence-electron chi connectivity index (χ4n) is 3.25. The number of piperazine rings is 1. The Bertz CT molecular complexity index is 682. The number of fused-ring (bicyclic) bond motifs is 1. The number of nitrogens with zero attached hydrogens (tertiary/aromatic N) is 1. The van der Waals surface area contributed by atoms with Crippen LogP contribution in [0.5, 0.6) is 11.5 Å². The monoisotopic (exact) mass is 332 g/mol. The number of carbonyl (C=O) groups is 2. The van der Waals surface area contributed by atoms with Gasteiger partial charge < -0.3 is 19.7 Å². The number of benzene rings is 1. The molecule has 0 bridgehead atoms. The van der Waals surface area contributed by atoms with Crippen molar-refractivity contribution in [3.63, 3.8) is 0 Å². The molecule has 0 aromatic heterocycles. The molecule has 0 atom stereocenters. The van der Waals surface area contributed by atoms with Gasteiger partial charge >= 0.3 is 0 Å². The molecule has 0 radical (unpaired) electrons. The molecule has 130 valence electrons. The standard InChI is InChI=1S/C18H24N2O4/c1-17(2)10-12-6-5-7-13(15(12)24-17)23-11-14(21)20-9-8-19-16(22)18(20,3)4/h5-7H,8-11H2,1-4H3,(H,19,22). The lowest BCUT2D eigenvalue weighted by atomic mass is 9.99. The number of nitrogens with one attached hydrogen (secondary N) is 1. The van der Waals surface area contributed by atoms with Crippen LogP contribution >= 0.6 is 0 Å². The van der Waals surface area contributed by atoms with E-state index < -0.39 is 5.54 Å². The van der Waals surface area contributed by atoms with Crippen molar-refractivity contribution >= 4 is 11.8 Å².